The molecule has 0 saturated carbocycles. The molecule has 2 aromatic carbocycles. The zero-order valence-electron chi connectivity index (χ0n) is 15.6. The highest BCUT2D eigenvalue weighted by atomic mass is 35.5. The monoisotopic (exact) mass is 404 g/mol. The Hall–Kier alpha value is -2.04. The molecule has 0 radical (unpaired) electrons. The summed E-state index contributed by atoms with van der Waals surface area (Å²) in [4.78, 5) is 27.8. The zero-order valence-corrected chi connectivity index (χ0v) is 17.1. The lowest BCUT2D eigenvalue weighted by atomic mass is 9.92. The van der Waals surface area contributed by atoms with Gasteiger partial charge in [0.05, 0.1) is 0 Å². The van der Waals surface area contributed by atoms with Crippen LogP contribution in [0.3, 0.4) is 0 Å². The average molecular weight is 405 g/mol. The third kappa shape index (κ3) is 4.63. The summed E-state index contributed by atoms with van der Waals surface area (Å²) in [6.07, 6.45) is 0.470. The van der Waals surface area contributed by atoms with Crippen molar-refractivity contribution in [2.24, 2.45) is 0 Å². The lowest BCUT2D eigenvalue weighted by Gasteiger charge is -2.37. The number of rotatable bonds is 2. The number of benzene rings is 2. The number of hydrogen-bond acceptors (Lipinski definition) is 2. The minimum absolute atomic E-state index is 0.168. The number of nitrogens with zero attached hydrogens (tertiary/aromatic N) is 1. The summed E-state index contributed by atoms with van der Waals surface area (Å²) in [5.41, 5.74) is 2.11. The average Bonchev–Trinajstić information content (AvgIpc) is 2.57. The molecule has 1 N–H and O–H groups in total. The van der Waals surface area contributed by atoms with Gasteiger partial charge < -0.3 is 10.2 Å². The molecule has 2 amide bonds. The molecule has 1 aliphatic rings. The minimum atomic E-state index is -0.593. The zero-order chi connectivity index (χ0) is 19.8. The van der Waals surface area contributed by atoms with Crippen molar-refractivity contribution in [2.75, 3.05) is 0 Å². The number of nitrogens with one attached hydrogen (secondary N) is 1. The second-order valence-electron chi connectivity index (χ2n) is 7.82. The van der Waals surface area contributed by atoms with E-state index in [9.17, 15) is 9.59 Å². The van der Waals surface area contributed by atoms with Crippen LogP contribution in [-0.4, -0.2) is 28.3 Å². The molecule has 3 rings (SSSR count). The van der Waals surface area contributed by atoms with Gasteiger partial charge in [0.25, 0.3) is 5.91 Å². The first kappa shape index (κ1) is 19.7. The van der Waals surface area contributed by atoms with E-state index in [0.29, 0.717) is 28.6 Å². The van der Waals surface area contributed by atoms with E-state index in [1.165, 1.54) is 0 Å². The third-order valence-corrected chi connectivity index (χ3v) is 4.86. The van der Waals surface area contributed by atoms with E-state index in [0.717, 1.165) is 11.1 Å². The lowest BCUT2D eigenvalue weighted by Crippen LogP contribution is -2.56. The van der Waals surface area contributed by atoms with E-state index in [1.807, 2.05) is 45.0 Å². The van der Waals surface area contributed by atoms with Gasteiger partial charge in [-0.15, -0.1) is 0 Å². The SMILES string of the molecule is CC(C)(C)NC(=O)C1Cc2ccccc2CN1C(=O)c1cc(Cl)cc(Cl)c1. The van der Waals surface area contributed by atoms with Crippen LogP contribution in [0.15, 0.2) is 42.5 Å². The standard InChI is InChI=1S/C21H22Cl2N2O2/c1-21(2,3)24-19(26)18-10-13-6-4-5-7-14(13)12-25(18)20(27)15-8-16(22)11-17(23)9-15/h4-9,11,18H,10,12H2,1-3H3,(H,24,26). The first-order chi connectivity index (χ1) is 12.6. The van der Waals surface area contributed by atoms with Gasteiger partial charge in [0.1, 0.15) is 6.04 Å². The molecule has 0 aromatic heterocycles. The highest BCUT2D eigenvalue weighted by Crippen LogP contribution is 2.27. The smallest absolute Gasteiger partial charge is 0.254 e. The Labute approximate surface area is 169 Å². The largest absolute Gasteiger partial charge is 0.350 e. The van der Waals surface area contributed by atoms with Crippen LogP contribution >= 0.6 is 23.2 Å². The van der Waals surface area contributed by atoms with E-state index >= 15 is 0 Å². The molecule has 0 bridgehead atoms. The molecule has 0 saturated heterocycles. The number of carbonyl (C=O) groups excluding carboxylic acids is 2. The highest BCUT2D eigenvalue weighted by molar-refractivity contribution is 6.35. The van der Waals surface area contributed by atoms with Gasteiger partial charge in [-0.3, -0.25) is 9.59 Å². The summed E-state index contributed by atoms with van der Waals surface area (Å²) < 4.78 is 0. The molecule has 27 heavy (non-hydrogen) atoms. The van der Waals surface area contributed by atoms with Gasteiger partial charge in [-0.2, -0.15) is 0 Å². The maximum absolute atomic E-state index is 13.2. The number of fused-ring (bicyclic) bond motifs is 1. The Morgan fingerprint density at radius 1 is 1.04 bits per heavy atom. The molecule has 0 spiro atoms. The summed E-state index contributed by atoms with van der Waals surface area (Å²) in [6, 6.07) is 12.0. The maximum Gasteiger partial charge on any atom is 0.254 e. The van der Waals surface area contributed by atoms with Crippen molar-refractivity contribution in [1.82, 2.24) is 10.2 Å². The molecule has 1 unspecified atom stereocenters. The van der Waals surface area contributed by atoms with Crippen LogP contribution in [0.4, 0.5) is 0 Å². The van der Waals surface area contributed by atoms with Crippen molar-refractivity contribution >= 4 is 35.0 Å². The molecule has 6 heteroatoms. The highest BCUT2D eigenvalue weighted by Gasteiger charge is 2.36. The Bertz CT molecular complexity index is 870. The molecule has 2 aromatic rings. The summed E-state index contributed by atoms with van der Waals surface area (Å²) in [6.45, 7) is 6.13. The van der Waals surface area contributed by atoms with Crippen LogP contribution in [0.1, 0.15) is 42.3 Å². The van der Waals surface area contributed by atoms with Crippen molar-refractivity contribution in [3.05, 3.63) is 69.2 Å². The first-order valence-corrected chi connectivity index (χ1v) is 9.55. The number of halogens is 2. The van der Waals surface area contributed by atoms with Crippen LogP contribution in [0.5, 0.6) is 0 Å². The predicted molar refractivity (Wildman–Crippen MR) is 108 cm³/mol. The van der Waals surface area contributed by atoms with Crippen LogP contribution < -0.4 is 5.32 Å². The molecular formula is C21H22Cl2N2O2. The lowest BCUT2D eigenvalue weighted by molar-refractivity contribution is -0.127. The van der Waals surface area contributed by atoms with Gasteiger partial charge in [-0.1, -0.05) is 47.5 Å². The third-order valence-electron chi connectivity index (χ3n) is 4.42. The normalized spacial score (nSPS) is 16.6. The summed E-state index contributed by atoms with van der Waals surface area (Å²) in [5.74, 6) is -0.429. The van der Waals surface area contributed by atoms with Crippen LogP contribution in [0.2, 0.25) is 10.0 Å². The number of amides is 2. The Balaban J connectivity index is 1.98. The second kappa shape index (κ2) is 7.53. The van der Waals surface area contributed by atoms with Gasteiger partial charge in [0, 0.05) is 34.1 Å². The maximum atomic E-state index is 13.2. The van der Waals surface area contributed by atoms with Gasteiger partial charge in [0.2, 0.25) is 5.91 Å². The van der Waals surface area contributed by atoms with Crippen molar-refractivity contribution in [2.45, 2.75) is 45.3 Å². The van der Waals surface area contributed by atoms with Gasteiger partial charge in [0.15, 0.2) is 0 Å². The number of carbonyl (C=O) groups is 2. The van der Waals surface area contributed by atoms with Crippen LogP contribution in [0, 0.1) is 0 Å². The Morgan fingerprint density at radius 3 is 2.22 bits per heavy atom. The minimum Gasteiger partial charge on any atom is -0.350 e. The molecule has 1 aliphatic heterocycles. The second-order valence-corrected chi connectivity index (χ2v) is 8.69. The van der Waals surface area contributed by atoms with Gasteiger partial charge >= 0.3 is 0 Å². The topological polar surface area (TPSA) is 49.4 Å². The fourth-order valence-electron chi connectivity index (χ4n) is 3.27. The first-order valence-electron chi connectivity index (χ1n) is 8.80. The Kier molecular flexibility index (Phi) is 5.50. The van der Waals surface area contributed by atoms with Crippen molar-refractivity contribution in [3.8, 4) is 0 Å². The molecular weight excluding hydrogens is 383 g/mol. The van der Waals surface area contributed by atoms with E-state index in [-0.39, 0.29) is 17.4 Å². The summed E-state index contributed by atoms with van der Waals surface area (Å²) in [7, 11) is 0. The van der Waals surface area contributed by atoms with Gasteiger partial charge in [-0.05, 0) is 50.1 Å². The predicted octanol–water partition coefficient (Wildman–Crippen LogP) is 4.48. The van der Waals surface area contributed by atoms with Crippen LogP contribution in [0.25, 0.3) is 0 Å². The molecule has 0 aliphatic carbocycles. The van der Waals surface area contributed by atoms with Crippen molar-refractivity contribution in [3.63, 3.8) is 0 Å². The van der Waals surface area contributed by atoms with E-state index in [1.54, 1.807) is 23.1 Å². The quantitative estimate of drug-likeness (QED) is 0.801. The molecule has 1 heterocycles. The van der Waals surface area contributed by atoms with Gasteiger partial charge in [-0.25, -0.2) is 0 Å². The van der Waals surface area contributed by atoms with Crippen LogP contribution in [-0.2, 0) is 17.8 Å². The van der Waals surface area contributed by atoms with Crippen molar-refractivity contribution < 1.29 is 9.59 Å². The fourth-order valence-corrected chi connectivity index (χ4v) is 3.79. The van der Waals surface area contributed by atoms with E-state index < -0.39 is 6.04 Å². The molecule has 0 fully saturated rings. The number of hydrogen-bond donors (Lipinski definition) is 1. The van der Waals surface area contributed by atoms with Crippen molar-refractivity contribution in [1.29, 1.82) is 0 Å². The fraction of sp³-hybridized carbons (Fsp3) is 0.333. The summed E-state index contributed by atoms with van der Waals surface area (Å²) in [5, 5.41) is 3.77. The molecule has 1 atom stereocenters. The summed E-state index contributed by atoms with van der Waals surface area (Å²) >= 11 is 12.1. The van der Waals surface area contributed by atoms with E-state index in [2.05, 4.69) is 5.32 Å². The molecule has 4 nitrogen and oxygen atoms in total. The molecule has 142 valence electrons. The van der Waals surface area contributed by atoms with E-state index in [4.69, 9.17) is 23.2 Å². The Morgan fingerprint density at radius 2 is 1.63 bits per heavy atom.